The van der Waals surface area contributed by atoms with Crippen LogP contribution in [0, 0.1) is 5.92 Å². The highest BCUT2D eigenvalue weighted by atomic mass is 32.1. The van der Waals surface area contributed by atoms with Gasteiger partial charge >= 0.3 is 0 Å². The fourth-order valence-corrected chi connectivity index (χ4v) is 4.25. The second kappa shape index (κ2) is 6.47. The molecule has 5 heteroatoms. The molecule has 1 aliphatic rings. The number of hydrogen-bond donors (Lipinski definition) is 0. The van der Waals surface area contributed by atoms with E-state index in [9.17, 15) is 4.79 Å². The molecule has 134 valence electrons. The summed E-state index contributed by atoms with van der Waals surface area (Å²) in [4.78, 5) is 17.9. The Morgan fingerprint density at radius 2 is 1.96 bits per heavy atom. The van der Waals surface area contributed by atoms with Crippen LogP contribution in [0.3, 0.4) is 0 Å². The summed E-state index contributed by atoms with van der Waals surface area (Å²) in [6.45, 7) is 6.57. The van der Waals surface area contributed by atoms with Crippen LogP contribution in [0.15, 0.2) is 41.2 Å². The molecule has 0 radical (unpaired) electrons. The van der Waals surface area contributed by atoms with Crippen molar-refractivity contribution in [3.05, 3.63) is 56.9 Å². The highest BCUT2D eigenvalue weighted by Crippen LogP contribution is 2.25. The lowest BCUT2D eigenvalue weighted by Gasteiger charge is -2.18. The van der Waals surface area contributed by atoms with E-state index < -0.39 is 0 Å². The number of rotatable bonds is 2. The van der Waals surface area contributed by atoms with Gasteiger partial charge in [-0.3, -0.25) is 4.79 Å². The third-order valence-corrected chi connectivity index (χ3v) is 5.87. The average Bonchev–Trinajstić information content (AvgIpc) is 3.15. The summed E-state index contributed by atoms with van der Waals surface area (Å²) >= 11 is 1.44. The van der Waals surface area contributed by atoms with Gasteiger partial charge in [0.2, 0.25) is 4.96 Å². The van der Waals surface area contributed by atoms with Crippen LogP contribution in [0.4, 0.5) is 0 Å². The minimum atomic E-state index is -0.0513. The minimum absolute atomic E-state index is 0.0513. The van der Waals surface area contributed by atoms with Gasteiger partial charge in [-0.1, -0.05) is 74.6 Å². The van der Waals surface area contributed by atoms with E-state index in [1.165, 1.54) is 21.4 Å². The highest BCUT2D eigenvalue weighted by molar-refractivity contribution is 7.15. The normalized spacial score (nSPS) is 18.7. The maximum Gasteiger partial charge on any atom is 0.290 e. The Hall–Kier alpha value is -2.27. The molecule has 0 bridgehead atoms. The van der Waals surface area contributed by atoms with Gasteiger partial charge in [-0.15, -0.1) is 5.10 Å². The molecule has 2 heterocycles. The summed E-state index contributed by atoms with van der Waals surface area (Å²) in [7, 11) is 0. The first kappa shape index (κ1) is 17.2. The van der Waals surface area contributed by atoms with Crippen LogP contribution in [-0.2, 0) is 5.41 Å². The Kier molecular flexibility index (Phi) is 4.27. The van der Waals surface area contributed by atoms with Gasteiger partial charge in [-0.05, 0) is 36.2 Å². The van der Waals surface area contributed by atoms with Crippen LogP contribution in [0.2, 0.25) is 0 Å². The number of thiazole rings is 1. The average molecular weight is 366 g/mol. The summed E-state index contributed by atoms with van der Waals surface area (Å²) in [5.41, 5.74) is 2.27. The van der Waals surface area contributed by atoms with E-state index in [0.29, 0.717) is 16.7 Å². The van der Waals surface area contributed by atoms with Crippen LogP contribution in [-0.4, -0.2) is 14.6 Å². The monoisotopic (exact) mass is 365 g/mol. The molecule has 2 aromatic heterocycles. The summed E-state index contributed by atoms with van der Waals surface area (Å²) in [5.74, 6) is 1.06. The zero-order valence-corrected chi connectivity index (χ0v) is 16.2. The molecule has 3 aromatic rings. The lowest BCUT2D eigenvalue weighted by molar-refractivity contribution is 0.590. The third kappa shape index (κ3) is 3.23. The molecule has 4 rings (SSSR count). The second-order valence-electron chi connectivity index (χ2n) is 7.94. The Bertz CT molecular complexity index is 1070. The van der Waals surface area contributed by atoms with Crippen molar-refractivity contribution in [1.29, 1.82) is 0 Å². The number of fused-ring (bicyclic) bond motifs is 1. The van der Waals surface area contributed by atoms with Gasteiger partial charge in [0.1, 0.15) is 0 Å². The SMILES string of the molecule is CC(C)(C)c1ccc(-c2nc3sc(=CC4CC=CCC4)c(=O)n3n2)cc1. The van der Waals surface area contributed by atoms with Crippen LogP contribution in [0.25, 0.3) is 22.4 Å². The first-order chi connectivity index (χ1) is 12.4. The zero-order chi connectivity index (χ0) is 18.3. The molecule has 4 nitrogen and oxygen atoms in total. The van der Waals surface area contributed by atoms with Crippen molar-refractivity contribution in [2.45, 2.75) is 45.4 Å². The predicted molar refractivity (Wildman–Crippen MR) is 107 cm³/mol. The Morgan fingerprint density at radius 1 is 1.19 bits per heavy atom. The van der Waals surface area contributed by atoms with E-state index in [1.807, 2.05) is 12.1 Å². The van der Waals surface area contributed by atoms with Crippen LogP contribution < -0.4 is 10.1 Å². The summed E-state index contributed by atoms with van der Waals surface area (Å²) in [6.07, 6.45) is 9.72. The van der Waals surface area contributed by atoms with Crippen molar-refractivity contribution in [3.8, 4) is 11.4 Å². The fraction of sp³-hybridized carbons (Fsp3) is 0.381. The van der Waals surface area contributed by atoms with Gasteiger partial charge in [0.15, 0.2) is 5.82 Å². The summed E-state index contributed by atoms with van der Waals surface area (Å²) < 4.78 is 2.21. The third-order valence-electron chi connectivity index (χ3n) is 4.89. The molecule has 1 atom stereocenters. The molecule has 0 aliphatic heterocycles. The molecule has 0 saturated carbocycles. The zero-order valence-electron chi connectivity index (χ0n) is 15.4. The fourth-order valence-electron chi connectivity index (χ4n) is 3.27. The maximum atomic E-state index is 12.7. The topological polar surface area (TPSA) is 47.3 Å². The molecule has 0 spiro atoms. The maximum absolute atomic E-state index is 12.7. The highest BCUT2D eigenvalue weighted by Gasteiger charge is 2.16. The Balaban J connectivity index is 1.68. The first-order valence-corrected chi connectivity index (χ1v) is 9.91. The van der Waals surface area contributed by atoms with E-state index in [1.54, 1.807) is 0 Å². The summed E-state index contributed by atoms with van der Waals surface area (Å²) in [6, 6.07) is 8.29. The number of hydrogen-bond acceptors (Lipinski definition) is 4. The van der Waals surface area contributed by atoms with Crippen molar-refractivity contribution in [1.82, 2.24) is 14.6 Å². The second-order valence-corrected chi connectivity index (χ2v) is 8.95. The molecular formula is C21H23N3OS. The van der Waals surface area contributed by atoms with Gasteiger partial charge in [0.25, 0.3) is 5.56 Å². The molecular weight excluding hydrogens is 342 g/mol. The standard InChI is InChI=1S/C21H23N3OS/c1-21(2,3)16-11-9-15(10-12-16)18-22-20-24(23-18)19(25)17(26-20)13-14-7-5-4-6-8-14/h4-5,9-14H,6-8H2,1-3H3. The van der Waals surface area contributed by atoms with Crippen LogP contribution in [0.5, 0.6) is 0 Å². The van der Waals surface area contributed by atoms with Crippen LogP contribution >= 0.6 is 11.3 Å². The molecule has 0 saturated heterocycles. The van der Waals surface area contributed by atoms with E-state index in [-0.39, 0.29) is 11.0 Å². The lowest BCUT2D eigenvalue weighted by Crippen LogP contribution is -2.25. The number of allylic oxidation sites excluding steroid dienone is 2. The van der Waals surface area contributed by atoms with Gasteiger partial charge < -0.3 is 0 Å². The van der Waals surface area contributed by atoms with Crippen molar-refractivity contribution in [2.24, 2.45) is 5.92 Å². The first-order valence-electron chi connectivity index (χ1n) is 9.09. The van der Waals surface area contributed by atoms with Gasteiger partial charge in [-0.2, -0.15) is 9.50 Å². The number of benzene rings is 1. The quantitative estimate of drug-likeness (QED) is 0.646. The Morgan fingerprint density at radius 3 is 2.58 bits per heavy atom. The molecule has 1 aromatic carbocycles. The van der Waals surface area contributed by atoms with Gasteiger partial charge in [0, 0.05) is 5.56 Å². The molecule has 1 aliphatic carbocycles. The molecule has 0 amide bonds. The molecule has 0 N–H and O–H groups in total. The molecule has 26 heavy (non-hydrogen) atoms. The smallest absolute Gasteiger partial charge is 0.266 e. The van der Waals surface area contributed by atoms with E-state index in [0.717, 1.165) is 29.4 Å². The molecule has 1 unspecified atom stereocenters. The van der Waals surface area contributed by atoms with Crippen LogP contribution in [0.1, 0.15) is 45.6 Å². The van der Waals surface area contributed by atoms with E-state index in [2.05, 4.69) is 61.2 Å². The van der Waals surface area contributed by atoms with Crippen molar-refractivity contribution >= 4 is 22.4 Å². The van der Waals surface area contributed by atoms with Gasteiger partial charge in [-0.25, -0.2) is 0 Å². The lowest BCUT2D eigenvalue weighted by atomic mass is 9.87. The molecule has 0 fully saturated rings. The summed E-state index contributed by atoms with van der Waals surface area (Å²) in [5, 5.41) is 4.46. The van der Waals surface area contributed by atoms with E-state index >= 15 is 0 Å². The largest absolute Gasteiger partial charge is 0.290 e. The van der Waals surface area contributed by atoms with Crippen molar-refractivity contribution in [2.75, 3.05) is 0 Å². The predicted octanol–water partition coefficient (Wildman–Crippen LogP) is 3.97. The van der Waals surface area contributed by atoms with Crippen molar-refractivity contribution in [3.63, 3.8) is 0 Å². The van der Waals surface area contributed by atoms with Crippen molar-refractivity contribution < 1.29 is 0 Å². The minimum Gasteiger partial charge on any atom is -0.266 e. The van der Waals surface area contributed by atoms with Gasteiger partial charge in [0.05, 0.1) is 4.53 Å². The van der Waals surface area contributed by atoms with E-state index in [4.69, 9.17) is 0 Å². The number of aromatic nitrogens is 3. The number of nitrogens with zero attached hydrogens (tertiary/aromatic N) is 3. The Labute approximate surface area is 156 Å².